The summed E-state index contributed by atoms with van der Waals surface area (Å²) in [5.74, 6) is -5.47. The number of nitrogens with zero attached hydrogens (tertiary/aromatic N) is 4. The zero-order valence-electron chi connectivity index (χ0n) is 22.5. The van der Waals surface area contributed by atoms with Crippen LogP contribution in [-0.2, 0) is 0 Å². The largest absolute Gasteiger partial charge is 0.411 e. The van der Waals surface area contributed by atoms with Gasteiger partial charge in [-0.25, -0.2) is 27.5 Å². The minimum Gasteiger partial charge on any atom is -0.389 e. The number of aromatic nitrogens is 2. The minimum absolute atomic E-state index is 0.231. The highest BCUT2D eigenvalue weighted by molar-refractivity contribution is 7.17. The van der Waals surface area contributed by atoms with Crippen molar-refractivity contribution < 1.29 is 45.4 Å². The molecule has 226 valence electrons. The molecule has 8 nitrogen and oxygen atoms in total. The summed E-state index contributed by atoms with van der Waals surface area (Å²) in [7, 11) is 1.10. The molecule has 0 radical (unpaired) electrons. The smallest absolute Gasteiger partial charge is 0.389 e. The Bertz CT molecular complexity index is 1340. The molecule has 16 heteroatoms. The van der Waals surface area contributed by atoms with Crippen LogP contribution in [0.5, 0.6) is 0 Å². The zero-order valence-corrected chi connectivity index (χ0v) is 23.3. The average Bonchev–Trinajstić information content (AvgIpc) is 3.49. The monoisotopic (exact) mass is 611 g/mol. The topological polar surface area (TPSA) is 98.7 Å². The molecule has 0 aromatic carbocycles. The summed E-state index contributed by atoms with van der Waals surface area (Å²) in [6.07, 6.45) is -8.13. The van der Waals surface area contributed by atoms with Crippen LogP contribution in [0.15, 0.2) is 12.3 Å². The van der Waals surface area contributed by atoms with E-state index in [9.17, 15) is 45.4 Å². The number of pyridine rings is 1. The molecule has 1 saturated carbocycles. The second kappa shape index (κ2) is 10.4. The van der Waals surface area contributed by atoms with Crippen molar-refractivity contribution >= 4 is 29.0 Å². The molecule has 1 atom stereocenters. The van der Waals surface area contributed by atoms with Gasteiger partial charge in [0.1, 0.15) is 17.1 Å². The number of rotatable bonds is 8. The van der Waals surface area contributed by atoms with E-state index in [1.807, 2.05) is 0 Å². The number of hydrogen-bond donors (Lipinski definition) is 2. The molecule has 2 aromatic rings. The maximum atomic E-state index is 14.3. The summed E-state index contributed by atoms with van der Waals surface area (Å²) in [6, 6.07) is -0.152. The van der Waals surface area contributed by atoms with Gasteiger partial charge in [0.25, 0.3) is 24.2 Å². The first-order valence-electron chi connectivity index (χ1n) is 12.6. The molecule has 0 bridgehead atoms. The van der Waals surface area contributed by atoms with Gasteiger partial charge in [0, 0.05) is 43.4 Å². The number of carbonyl (C=O) groups is 2. The van der Waals surface area contributed by atoms with E-state index in [4.69, 9.17) is 0 Å². The van der Waals surface area contributed by atoms with Crippen molar-refractivity contribution in [1.29, 1.82) is 0 Å². The lowest BCUT2D eigenvalue weighted by Crippen LogP contribution is -2.46. The number of anilines is 1. The molecule has 0 unspecified atom stereocenters. The number of amides is 2. The first-order chi connectivity index (χ1) is 18.8. The predicted octanol–water partition coefficient (Wildman–Crippen LogP) is 5.04. The van der Waals surface area contributed by atoms with Crippen LogP contribution in [0, 0.1) is 0 Å². The van der Waals surface area contributed by atoms with Crippen LogP contribution in [0.2, 0.25) is 0 Å². The van der Waals surface area contributed by atoms with Gasteiger partial charge in [-0.2, -0.15) is 13.2 Å². The van der Waals surface area contributed by atoms with Crippen molar-refractivity contribution in [3.8, 4) is 10.4 Å². The van der Waals surface area contributed by atoms with E-state index >= 15 is 0 Å². The number of hydrogen-bond acceptors (Lipinski definition) is 7. The number of halogens is 7. The lowest BCUT2D eigenvalue weighted by molar-refractivity contribution is -0.157. The quantitative estimate of drug-likeness (QED) is 0.406. The first-order valence-corrected chi connectivity index (χ1v) is 13.4. The van der Waals surface area contributed by atoms with E-state index in [0.29, 0.717) is 11.3 Å². The van der Waals surface area contributed by atoms with Crippen LogP contribution < -0.4 is 10.2 Å². The number of carbonyl (C=O) groups excluding carboxylic acids is 2. The van der Waals surface area contributed by atoms with Gasteiger partial charge in [0.2, 0.25) is 0 Å². The maximum Gasteiger partial charge on any atom is 0.411 e. The fourth-order valence-corrected chi connectivity index (χ4v) is 5.70. The molecule has 41 heavy (non-hydrogen) atoms. The number of likely N-dealkylation sites (tertiary alicyclic amines) is 1. The fraction of sp³-hybridized carbons (Fsp3) is 0.600. The highest BCUT2D eigenvalue weighted by Gasteiger charge is 2.66. The van der Waals surface area contributed by atoms with Crippen molar-refractivity contribution in [2.24, 2.45) is 0 Å². The van der Waals surface area contributed by atoms with Crippen molar-refractivity contribution in [1.82, 2.24) is 20.2 Å². The Morgan fingerprint density at radius 2 is 1.90 bits per heavy atom. The van der Waals surface area contributed by atoms with Gasteiger partial charge in [-0.1, -0.05) is 0 Å². The van der Waals surface area contributed by atoms with Gasteiger partial charge in [0.15, 0.2) is 5.01 Å². The zero-order chi connectivity index (χ0) is 30.7. The molecule has 0 spiro atoms. The van der Waals surface area contributed by atoms with Crippen molar-refractivity contribution in [3.63, 3.8) is 0 Å². The molecular formula is C25H28F7N5O3S. The number of thiazole rings is 1. The van der Waals surface area contributed by atoms with E-state index in [1.54, 1.807) is 0 Å². The third-order valence-corrected chi connectivity index (χ3v) is 8.22. The Labute approximate surface area is 234 Å². The van der Waals surface area contributed by atoms with Gasteiger partial charge in [-0.3, -0.25) is 9.59 Å². The molecule has 2 fully saturated rings. The van der Waals surface area contributed by atoms with E-state index in [-0.39, 0.29) is 40.7 Å². The third kappa shape index (κ3) is 6.12. The van der Waals surface area contributed by atoms with Crippen LogP contribution in [-0.4, -0.2) is 81.2 Å². The maximum absolute atomic E-state index is 14.3. The van der Waals surface area contributed by atoms with Gasteiger partial charge in [-0.15, -0.1) is 11.3 Å². The van der Waals surface area contributed by atoms with Crippen LogP contribution in [0.1, 0.15) is 72.3 Å². The normalized spacial score (nSPS) is 19.9. The van der Waals surface area contributed by atoms with Crippen molar-refractivity contribution in [3.05, 3.63) is 28.5 Å². The van der Waals surface area contributed by atoms with Gasteiger partial charge in [-0.05, 0) is 39.7 Å². The fourth-order valence-electron chi connectivity index (χ4n) is 4.70. The summed E-state index contributed by atoms with van der Waals surface area (Å²) < 4.78 is 97.8. The predicted molar refractivity (Wildman–Crippen MR) is 135 cm³/mol. The molecule has 3 heterocycles. The molecule has 2 amide bonds. The van der Waals surface area contributed by atoms with E-state index in [0.717, 1.165) is 29.1 Å². The lowest BCUT2D eigenvalue weighted by Gasteiger charge is -2.31. The molecule has 1 aliphatic carbocycles. The Morgan fingerprint density at radius 3 is 2.39 bits per heavy atom. The number of alkyl halides is 7. The molecule has 2 N–H and O–H groups in total. The molecular weight excluding hydrogens is 583 g/mol. The molecule has 4 rings (SSSR count). The van der Waals surface area contributed by atoms with Gasteiger partial charge in [0.05, 0.1) is 17.0 Å². The van der Waals surface area contributed by atoms with E-state index in [2.05, 4.69) is 15.3 Å². The van der Waals surface area contributed by atoms with Crippen LogP contribution >= 0.6 is 11.3 Å². The Morgan fingerprint density at radius 1 is 1.27 bits per heavy atom. The molecule has 2 aliphatic rings. The van der Waals surface area contributed by atoms with Gasteiger partial charge < -0.3 is 20.2 Å². The summed E-state index contributed by atoms with van der Waals surface area (Å²) in [4.78, 5) is 35.5. The molecule has 1 aliphatic heterocycles. The highest BCUT2D eigenvalue weighted by atomic mass is 32.1. The van der Waals surface area contributed by atoms with E-state index < -0.39 is 71.7 Å². The van der Waals surface area contributed by atoms with E-state index in [1.165, 1.54) is 20.8 Å². The SMILES string of the molecule is C[C@H]1CC(F)(F)CN1C(=O)c1nc(C(=O)NCC(C)(C)O)sc1-c1cnc(N(C)C2(C(F)(F)F)CC2)cc1C(F)F. The summed E-state index contributed by atoms with van der Waals surface area (Å²) in [5.41, 5.74) is -5.27. The Kier molecular flexibility index (Phi) is 7.82. The Balaban J connectivity index is 1.80. The average molecular weight is 612 g/mol. The second-order valence-corrected chi connectivity index (χ2v) is 12.1. The summed E-state index contributed by atoms with van der Waals surface area (Å²) in [6.45, 7) is 3.02. The van der Waals surface area contributed by atoms with Crippen molar-refractivity contribution in [2.75, 3.05) is 25.0 Å². The lowest BCUT2D eigenvalue weighted by atomic mass is 10.1. The molecule has 1 saturated heterocycles. The Hall–Kier alpha value is -3.01. The third-order valence-electron chi connectivity index (χ3n) is 7.13. The van der Waals surface area contributed by atoms with Crippen molar-refractivity contribution in [2.45, 2.75) is 75.7 Å². The van der Waals surface area contributed by atoms with Crippen LogP contribution in [0.3, 0.4) is 0 Å². The minimum atomic E-state index is -4.63. The van der Waals surface area contributed by atoms with Gasteiger partial charge >= 0.3 is 6.18 Å². The number of nitrogens with one attached hydrogen (secondary N) is 1. The number of aliphatic hydroxyl groups is 1. The standard InChI is InChI=1S/C25H28F7N5O3S/c1-12-8-24(28,29)11-37(12)21(39)16-17(41-20(35-16)19(38)34-10-22(2,3)40)14-9-33-15(7-13(14)18(26)27)36(4)23(5-6-23)25(30,31)32/h7,9,12,18,40H,5-6,8,10-11H2,1-4H3,(H,34,38)/t12-/m0/s1. The summed E-state index contributed by atoms with van der Waals surface area (Å²) >= 11 is 0.521. The highest BCUT2D eigenvalue weighted by Crippen LogP contribution is 2.54. The van der Waals surface area contributed by atoms with Crippen LogP contribution in [0.4, 0.5) is 36.6 Å². The second-order valence-electron chi connectivity index (χ2n) is 11.1. The molecule has 2 aromatic heterocycles. The van der Waals surface area contributed by atoms with Crippen LogP contribution in [0.25, 0.3) is 10.4 Å². The first kappa shape index (κ1) is 30.9. The summed E-state index contributed by atoms with van der Waals surface area (Å²) in [5, 5.41) is 11.9.